The SMILES string of the molecule is O=C(CSc1ccc(Cl)cc1)N(c1ccccc1)[C@@H]1C=CS(=O)(=O)C1. The van der Waals surface area contributed by atoms with Crippen LogP contribution in [0.5, 0.6) is 0 Å². The predicted molar refractivity (Wildman–Crippen MR) is 103 cm³/mol. The van der Waals surface area contributed by atoms with E-state index in [4.69, 9.17) is 11.6 Å². The van der Waals surface area contributed by atoms with Crippen LogP contribution in [0, 0.1) is 0 Å². The molecular weight excluding hydrogens is 378 g/mol. The van der Waals surface area contributed by atoms with Crippen LogP contribution >= 0.6 is 23.4 Å². The molecule has 0 fully saturated rings. The molecule has 25 heavy (non-hydrogen) atoms. The van der Waals surface area contributed by atoms with E-state index in [1.54, 1.807) is 23.1 Å². The molecule has 1 heterocycles. The molecule has 0 spiro atoms. The number of benzene rings is 2. The third-order valence-corrected chi connectivity index (χ3v) is 6.35. The van der Waals surface area contributed by atoms with Crippen molar-refractivity contribution in [3.63, 3.8) is 0 Å². The van der Waals surface area contributed by atoms with Gasteiger partial charge in [0.1, 0.15) is 0 Å². The lowest BCUT2D eigenvalue weighted by atomic mass is 10.2. The first-order valence-corrected chi connectivity index (χ1v) is 10.7. The predicted octanol–water partition coefficient (Wildman–Crippen LogP) is 3.78. The number of anilines is 1. The summed E-state index contributed by atoms with van der Waals surface area (Å²) in [4.78, 5) is 15.3. The molecular formula is C18H16ClNO3S2. The number of amides is 1. The molecule has 0 saturated carbocycles. The minimum Gasteiger partial charge on any atom is -0.304 e. The molecule has 2 aromatic carbocycles. The number of nitrogens with zero attached hydrogens (tertiary/aromatic N) is 1. The van der Waals surface area contributed by atoms with E-state index in [1.165, 1.54) is 17.2 Å². The van der Waals surface area contributed by atoms with Crippen molar-refractivity contribution in [1.29, 1.82) is 0 Å². The number of carbonyl (C=O) groups excluding carboxylic acids is 1. The Morgan fingerprint density at radius 3 is 2.40 bits per heavy atom. The van der Waals surface area contributed by atoms with Gasteiger partial charge in [-0.25, -0.2) is 8.42 Å². The summed E-state index contributed by atoms with van der Waals surface area (Å²) in [6.07, 6.45) is 1.58. The van der Waals surface area contributed by atoms with Gasteiger partial charge in [0.2, 0.25) is 5.91 Å². The van der Waals surface area contributed by atoms with E-state index in [2.05, 4.69) is 0 Å². The fraction of sp³-hybridized carbons (Fsp3) is 0.167. The van der Waals surface area contributed by atoms with Gasteiger partial charge in [-0.2, -0.15) is 0 Å². The third kappa shape index (κ3) is 4.66. The average Bonchev–Trinajstić information content (AvgIpc) is 2.95. The van der Waals surface area contributed by atoms with Crippen LogP contribution in [-0.4, -0.2) is 31.9 Å². The highest BCUT2D eigenvalue weighted by Gasteiger charge is 2.31. The maximum absolute atomic E-state index is 12.8. The second kappa shape index (κ2) is 7.64. The van der Waals surface area contributed by atoms with Crippen LogP contribution in [0.25, 0.3) is 0 Å². The number of halogens is 1. The van der Waals surface area contributed by atoms with E-state index in [1.807, 2.05) is 42.5 Å². The minimum atomic E-state index is -3.25. The molecule has 0 bridgehead atoms. The summed E-state index contributed by atoms with van der Waals surface area (Å²) in [6.45, 7) is 0. The molecule has 1 amide bonds. The normalized spacial score (nSPS) is 18.2. The largest absolute Gasteiger partial charge is 0.304 e. The second-order valence-corrected chi connectivity index (χ2v) is 8.98. The van der Waals surface area contributed by atoms with Crippen LogP contribution < -0.4 is 4.90 Å². The van der Waals surface area contributed by atoms with Crippen LogP contribution in [0.3, 0.4) is 0 Å². The van der Waals surface area contributed by atoms with E-state index >= 15 is 0 Å². The van der Waals surface area contributed by atoms with Gasteiger partial charge in [-0.1, -0.05) is 29.8 Å². The van der Waals surface area contributed by atoms with Gasteiger partial charge in [0.15, 0.2) is 9.84 Å². The lowest BCUT2D eigenvalue weighted by molar-refractivity contribution is -0.116. The zero-order valence-corrected chi connectivity index (χ0v) is 15.6. The van der Waals surface area contributed by atoms with E-state index < -0.39 is 15.9 Å². The first-order chi connectivity index (χ1) is 11.9. The average molecular weight is 394 g/mol. The minimum absolute atomic E-state index is 0.0841. The summed E-state index contributed by atoms with van der Waals surface area (Å²) in [5.74, 6) is -0.0157. The van der Waals surface area contributed by atoms with Crippen molar-refractivity contribution in [1.82, 2.24) is 0 Å². The molecule has 0 aromatic heterocycles. The Balaban J connectivity index is 1.78. The van der Waals surface area contributed by atoms with Crippen molar-refractivity contribution in [2.24, 2.45) is 0 Å². The Hall–Kier alpha value is -1.76. The highest BCUT2D eigenvalue weighted by molar-refractivity contribution is 8.00. The van der Waals surface area contributed by atoms with Crippen molar-refractivity contribution in [3.8, 4) is 0 Å². The number of rotatable bonds is 5. The standard InChI is InChI=1S/C18H16ClNO3S2/c19-14-6-8-17(9-7-14)24-12-18(21)20(15-4-2-1-3-5-15)16-10-11-25(22,23)13-16/h1-11,16H,12-13H2/t16-/m1/s1. The Morgan fingerprint density at radius 2 is 1.80 bits per heavy atom. The first-order valence-electron chi connectivity index (χ1n) is 7.61. The van der Waals surface area contributed by atoms with Crippen molar-refractivity contribution < 1.29 is 13.2 Å². The molecule has 0 aliphatic carbocycles. The maximum Gasteiger partial charge on any atom is 0.237 e. The highest BCUT2D eigenvalue weighted by Crippen LogP contribution is 2.26. The van der Waals surface area contributed by atoms with Gasteiger partial charge in [0, 0.05) is 21.0 Å². The topological polar surface area (TPSA) is 54.5 Å². The molecule has 7 heteroatoms. The first kappa shape index (κ1) is 18.0. The highest BCUT2D eigenvalue weighted by atomic mass is 35.5. The van der Waals surface area contributed by atoms with Gasteiger partial charge < -0.3 is 4.90 Å². The van der Waals surface area contributed by atoms with E-state index in [0.717, 1.165) is 4.90 Å². The van der Waals surface area contributed by atoms with E-state index in [0.29, 0.717) is 10.7 Å². The summed E-state index contributed by atoms with van der Waals surface area (Å²) in [5.41, 5.74) is 0.691. The van der Waals surface area contributed by atoms with Gasteiger partial charge in [-0.3, -0.25) is 4.79 Å². The lowest BCUT2D eigenvalue weighted by Gasteiger charge is -2.27. The van der Waals surface area contributed by atoms with Crippen LogP contribution in [0.2, 0.25) is 5.02 Å². The summed E-state index contributed by atoms with van der Waals surface area (Å²) in [7, 11) is -3.25. The van der Waals surface area contributed by atoms with Crippen molar-refractivity contribution in [2.45, 2.75) is 10.9 Å². The molecule has 130 valence electrons. The number of sulfone groups is 1. The molecule has 1 aliphatic heterocycles. The number of hydrogen-bond donors (Lipinski definition) is 0. The van der Waals surface area contributed by atoms with Gasteiger partial charge in [0.05, 0.1) is 17.5 Å². The maximum atomic E-state index is 12.8. The summed E-state index contributed by atoms with van der Waals surface area (Å²) < 4.78 is 23.5. The fourth-order valence-corrected chi connectivity index (χ4v) is 4.73. The Morgan fingerprint density at radius 1 is 1.12 bits per heavy atom. The molecule has 3 rings (SSSR count). The quantitative estimate of drug-likeness (QED) is 0.725. The van der Waals surface area contributed by atoms with Crippen molar-refractivity contribution in [3.05, 3.63) is 71.1 Å². The molecule has 0 radical (unpaired) electrons. The summed E-state index contributed by atoms with van der Waals surface area (Å²) >= 11 is 7.26. The zero-order chi connectivity index (χ0) is 17.9. The molecule has 0 N–H and O–H groups in total. The van der Waals surface area contributed by atoms with Crippen LogP contribution in [0.1, 0.15) is 0 Å². The number of carbonyl (C=O) groups is 1. The third-order valence-electron chi connectivity index (χ3n) is 3.72. The van der Waals surface area contributed by atoms with E-state index in [9.17, 15) is 13.2 Å². The zero-order valence-electron chi connectivity index (χ0n) is 13.2. The fourth-order valence-electron chi connectivity index (χ4n) is 2.57. The summed E-state index contributed by atoms with van der Waals surface area (Å²) in [5, 5.41) is 1.83. The molecule has 0 saturated heterocycles. The lowest BCUT2D eigenvalue weighted by Crippen LogP contribution is -2.42. The molecule has 1 atom stereocenters. The smallest absolute Gasteiger partial charge is 0.237 e. The molecule has 1 aliphatic rings. The van der Waals surface area contributed by atoms with Gasteiger partial charge in [-0.15, -0.1) is 11.8 Å². The summed E-state index contributed by atoms with van der Waals surface area (Å²) in [6, 6.07) is 15.9. The van der Waals surface area contributed by atoms with Gasteiger partial charge in [-0.05, 0) is 42.5 Å². The van der Waals surface area contributed by atoms with Crippen molar-refractivity contribution in [2.75, 3.05) is 16.4 Å². The number of para-hydroxylation sites is 1. The Bertz CT molecular complexity index is 880. The van der Waals surface area contributed by atoms with Crippen LogP contribution in [0.15, 0.2) is 71.0 Å². The molecule has 2 aromatic rings. The van der Waals surface area contributed by atoms with Gasteiger partial charge >= 0.3 is 0 Å². The Kier molecular flexibility index (Phi) is 5.51. The Labute approximate surface area is 156 Å². The second-order valence-electron chi connectivity index (χ2n) is 5.57. The van der Waals surface area contributed by atoms with Crippen LogP contribution in [0.4, 0.5) is 5.69 Å². The van der Waals surface area contributed by atoms with Crippen molar-refractivity contribution >= 4 is 44.8 Å². The van der Waals surface area contributed by atoms with Gasteiger partial charge in [0.25, 0.3) is 0 Å². The number of hydrogen-bond acceptors (Lipinski definition) is 4. The van der Waals surface area contributed by atoms with E-state index in [-0.39, 0.29) is 17.4 Å². The molecule has 0 unspecified atom stereocenters. The monoisotopic (exact) mass is 393 g/mol. The number of thioether (sulfide) groups is 1. The molecule has 4 nitrogen and oxygen atoms in total. The van der Waals surface area contributed by atoms with Crippen LogP contribution in [-0.2, 0) is 14.6 Å².